The van der Waals surface area contributed by atoms with Crippen LogP contribution in [0.25, 0.3) is 0 Å². The van der Waals surface area contributed by atoms with Crippen molar-refractivity contribution < 1.29 is 28.5 Å². The van der Waals surface area contributed by atoms with Crippen LogP contribution in [0.3, 0.4) is 0 Å². The van der Waals surface area contributed by atoms with Gasteiger partial charge in [0.05, 0.1) is 26.4 Å². The van der Waals surface area contributed by atoms with Gasteiger partial charge in [-0.05, 0) is 19.3 Å². The van der Waals surface area contributed by atoms with Gasteiger partial charge in [-0.3, -0.25) is 0 Å². The fraction of sp³-hybridized carbons (Fsp3) is 0.929. The molecule has 0 fully saturated rings. The van der Waals surface area contributed by atoms with Crippen LogP contribution in [0.1, 0.15) is 32.6 Å². The molecule has 0 aromatic carbocycles. The maximum atomic E-state index is 11.0. The third-order valence-electron chi connectivity index (χ3n) is 2.42. The number of ether oxygens (including phenoxy) is 5. The highest BCUT2D eigenvalue weighted by atomic mass is 16.7. The minimum absolute atomic E-state index is 0.219. The second-order valence-electron chi connectivity index (χ2n) is 4.23. The van der Waals surface area contributed by atoms with Crippen LogP contribution in [-0.2, 0) is 23.7 Å². The summed E-state index contributed by atoms with van der Waals surface area (Å²) in [4.78, 5) is 11.0. The number of methoxy groups -OCH3 is 1. The molecule has 0 aliphatic heterocycles. The monoisotopic (exact) mass is 292 g/mol. The first-order chi connectivity index (χ1) is 9.81. The van der Waals surface area contributed by atoms with Gasteiger partial charge in [-0.25, -0.2) is 4.79 Å². The number of unbranched alkanes of at least 4 members (excludes halogenated alkanes) is 2. The molecule has 0 aromatic heterocycles. The third kappa shape index (κ3) is 15.2. The van der Waals surface area contributed by atoms with E-state index in [0.29, 0.717) is 33.0 Å². The van der Waals surface area contributed by atoms with Gasteiger partial charge in [0.2, 0.25) is 0 Å². The van der Waals surface area contributed by atoms with Gasteiger partial charge in [0.1, 0.15) is 6.61 Å². The molecule has 0 heterocycles. The lowest BCUT2D eigenvalue weighted by Gasteiger charge is -2.07. The zero-order chi connectivity index (χ0) is 14.9. The summed E-state index contributed by atoms with van der Waals surface area (Å²) in [5, 5.41) is 0. The summed E-state index contributed by atoms with van der Waals surface area (Å²) in [6.45, 7) is 5.79. The topological polar surface area (TPSA) is 63.2 Å². The molecule has 0 saturated carbocycles. The molecule has 120 valence electrons. The maximum Gasteiger partial charge on any atom is 0.508 e. The largest absolute Gasteiger partial charge is 0.508 e. The van der Waals surface area contributed by atoms with Gasteiger partial charge in [0, 0.05) is 20.3 Å². The van der Waals surface area contributed by atoms with Crippen LogP contribution in [0.5, 0.6) is 0 Å². The fourth-order valence-electron chi connectivity index (χ4n) is 1.28. The summed E-state index contributed by atoms with van der Waals surface area (Å²) < 4.78 is 25.1. The molecule has 0 atom stereocenters. The Morgan fingerprint density at radius 3 is 2.00 bits per heavy atom. The number of carbonyl (C=O) groups is 1. The van der Waals surface area contributed by atoms with Gasteiger partial charge < -0.3 is 23.7 Å². The van der Waals surface area contributed by atoms with Crippen LogP contribution in [0.15, 0.2) is 0 Å². The minimum atomic E-state index is -0.646. The van der Waals surface area contributed by atoms with E-state index in [0.717, 1.165) is 32.3 Å². The molecular formula is C14H28O6. The van der Waals surface area contributed by atoms with Crippen LogP contribution in [-0.4, -0.2) is 59.5 Å². The SMILES string of the molecule is CCCCOCCOCCCCOC(=O)OCCOC. The van der Waals surface area contributed by atoms with Gasteiger partial charge in [-0.15, -0.1) is 0 Å². The van der Waals surface area contributed by atoms with Crippen molar-refractivity contribution in [1.82, 2.24) is 0 Å². The predicted molar refractivity (Wildman–Crippen MR) is 75.0 cm³/mol. The smallest absolute Gasteiger partial charge is 0.434 e. The van der Waals surface area contributed by atoms with Crippen molar-refractivity contribution in [2.24, 2.45) is 0 Å². The Hall–Kier alpha value is -0.850. The molecule has 0 bridgehead atoms. The molecular weight excluding hydrogens is 264 g/mol. The number of carbonyl (C=O) groups excluding carboxylic acids is 1. The first-order valence-electron chi connectivity index (χ1n) is 7.25. The first-order valence-corrected chi connectivity index (χ1v) is 7.25. The summed E-state index contributed by atoms with van der Waals surface area (Å²) in [7, 11) is 1.55. The van der Waals surface area contributed by atoms with Crippen LogP contribution in [0.4, 0.5) is 4.79 Å². The zero-order valence-electron chi connectivity index (χ0n) is 12.7. The number of hydrogen-bond donors (Lipinski definition) is 0. The summed E-state index contributed by atoms with van der Waals surface area (Å²) >= 11 is 0. The molecule has 20 heavy (non-hydrogen) atoms. The molecule has 0 unspecified atom stereocenters. The fourth-order valence-corrected chi connectivity index (χ4v) is 1.28. The van der Waals surface area contributed by atoms with Crippen molar-refractivity contribution in [1.29, 1.82) is 0 Å². The molecule has 0 amide bonds. The summed E-state index contributed by atoms with van der Waals surface area (Å²) in [6, 6.07) is 0. The quantitative estimate of drug-likeness (QED) is 0.362. The van der Waals surface area contributed by atoms with Crippen molar-refractivity contribution in [2.45, 2.75) is 32.6 Å². The third-order valence-corrected chi connectivity index (χ3v) is 2.42. The van der Waals surface area contributed by atoms with E-state index in [1.807, 2.05) is 0 Å². The zero-order valence-corrected chi connectivity index (χ0v) is 12.7. The average Bonchev–Trinajstić information content (AvgIpc) is 2.45. The molecule has 0 N–H and O–H groups in total. The van der Waals surface area contributed by atoms with E-state index < -0.39 is 6.16 Å². The second-order valence-corrected chi connectivity index (χ2v) is 4.23. The van der Waals surface area contributed by atoms with Gasteiger partial charge in [-0.2, -0.15) is 0 Å². The lowest BCUT2D eigenvalue weighted by Crippen LogP contribution is -2.12. The Bertz CT molecular complexity index is 210. The molecule has 6 nitrogen and oxygen atoms in total. The highest BCUT2D eigenvalue weighted by Crippen LogP contribution is 1.94. The highest BCUT2D eigenvalue weighted by molar-refractivity contribution is 5.59. The Kier molecular flexibility index (Phi) is 15.5. The lowest BCUT2D eigenvalue weighted by molar-refractivity contribution is 0.0299. The Morgan fingerprint density at radius 2 is 1.35 bits per heavy atom. The minimum Gasteiger partial charge on any atom is -0.434 e. The Labute approximate surface area is 121 Å². The summed E-state index contributed by atoms with van der Waals surface area (Å²) in [6.07, 6.45) is 3.20. The highest BCUT2D eigenvalue weighted by Gasteiger charge is 2.02. The number of hydrogen-bond acceptors (Lipinski definition) is 6. The molecule has 6 heteroatoms. The van der Waals surface area contributed by atoms with E-state index in [1.165, 1.54) is 0 Å². The first kappa shape index (κ1) is 19.1. The molecule has 0 saturated heterocycles. The molecule has 0 rings (SSSR count). The van der Waals surface area contributed by atoms with E-state index in [2.05, 4.69) is 6.92 Å². The standard InChI is InChI=1S/C14H28O6/c1-3-4-7-17-11-12-18-8-5-6-9-19-14(15)20-13-10-16-2/h3-13H2,1-2H3. The van der Waals surface area contributed by atoms with Crippen LogP contribution in [0, 0.1) is 0 Å². The van der Waals surface area contributed by atoms with Crippen molar-refractivity contribution in [3.05, 3.63) is 0 Å². The van der Waals surface area contributed by atoms with Gasteiger partial charge >= 0.3 is 6.16 Å². The Morgan fingerprint density at radius 1 is 0.750 bits per heavy atom. The molecule has 0 aromatic rings. The summed E-state index contributed by atoms with van der Waals surface area (Å²) in [5.74, 6) is 0. The normalized spacial score (nSPS) is 10.5. The van der Waals surface area contributed by atoms with E-state index in [-0.39, 0.29) is 6.61 Å². The van der Waals surface area contributed by atoms with Crippen molar-refractivity contribution >= 4 is 6.16 Å². The molecule has 0 spiro atoms. The van der Waals surface area contributed by atoms with E-state index in [9.17, 15) is 4.79 Å². The van der Waals surface area contributed by atoms with E-state index in [1.54, 1.807) is 7.11 Å². The maximum absolute atomic E-state index is 11.0. The van der Waals surface area contributed by atoms with Gasteiger partial charge in [-0.1, -0.05) is 13.3 Å². The van der Waals surface area contributed by atoms with Crippen LogP contribution < -0.4 is 0 Å². The molecule has 0 aliphatic carbocycles. The van der Waals surface area contributed by atoms with Crippen molar-refractivity contribution in [3.8, 4) is 0 Å². The average molecular weight is 292 g/mol. The predicted octanol–water partition coefficient (Wildman–Crippen LogP) is 2.40. The van der Waals surface area contributed by atoms with E-state index >= 15 is 0 Å². The Balaban J connectivity index is 3.07. The van der Waals surface area contributed by atoms with Gasteiger partial charge in [0.25, 0.3) is 0 Å². The van der Waals surface area contributed by atoms with Gasteiger partial charge in [0.15, 0.2) is 0 Å². The van der Waals surface area contributed by atoms with Crippen molar-refractivity contribution in [3.63, 3.8) is 0 Å². The molecule has 0 aliphatic rings. The lowest BCUT2D eigenvalue weighted by atomic mass is 10.3. The second kappa shape index (κ2) is 16.2. The molecule has 0 radical (unpaired) electrons. The summed E-state index contributed by atoms with van der Waals surface area (Å²) in [5.41, 5.74) is 0. The number of rotatable bonds is 14. The van der Waals surface area contributed by atoms with Crippen LogP contribution in [0.2, 0.25) is 0 Å². The van der Waals surface area contributed by atoms with E-state index in [4.69, 9.17) is 23.7 Å². The van der Waals surface area contributed by atoms with Crippen molar-refractivity contribution in [2.75, 3.05) is 53.4 Å². The van der Waals surface area contributed by atoms with Crippen LogP contribution >= 0.6 is 0 Å².